The fraction of sp³-hybridized carbons (Fsp3) is 0.385. The second-order valence-corrected chi connectivity index (χ2v) is 8.97. The summed E-state index contributed by atoms with van der Waals surface area (Å²) in [6.07, 6.45) is 4.35. The molecular weight excluding hydrogens is 434 g/mol. The summed E-state index contributed by atoms with van der Waals surface area (Å²) in [6, 6.07) is 11.2. The van der Waals surface area contributed by atoms with E-state index in [0.29, 0.717) is 26.3 Å². The van der Waals surface area contributed by atoms with Crippen molar-refractivity contribution in [3.8, 4) is 11.5 Å². The monoisotopic (exact) mass is 461 g/mol. The molecule has 0 spiro atoms. The average Bonchev–Trinajstić information content (AvgIpc) is 3.17. The largest absolute Gasteiger partial charge is 0.486 e. The van der Waals surface area contributed by atoms with E-state index in [4.69, 9.17) is 19.2 Å². The molecule has 0 saturated carbocycles. The van der Waals surface area contributed by atoms with E-state index in [1.54, 1.807) is 18.2 Å². The summed E-state index contributed by atoms with van der Waals surface area (Å²) < 4.78 is 19.5. The molecule has 1 fully saturated rings. The van der Waals surface area contributed by atoms with E-state index >= 15 is 0 Å². The number of carboxylic acids is 1. The first-order chi connectivity index (χ1) is 16.7. The van der Waals surface area contributed by atoms with Crippen LogP contribution in [0.15, 0.2) is 42.5 Å². The molecule has 1 N–H and O–H groups in total. The maximum atomic E-state index is 11.5. The van der Waals surface area contributed by atoms with Crippen molar-refractivity contribution in [2.24, 2.45) is 0 Å². The highest BCUT2D eigenvalue weighted by Crippen LogP contribution is 2.39. The number of para-hydroxylation sites is 1. The molecule has 3 aliphatic heterocycles. The quantitative estimate of drug-likeness (QED) is 0.600. The molecule has 0 radical (unpaired) electrons. The molecule has 1 aromatic heterocycles. The summed E-state index contributed by atoms with van der Waals surface area (Å²) in [5, 5.41) is 9.45. The van der Waals surface area contributed by atoms with Crippen LogP contribution in [0.25, 0.3) is 16.6 Å². The number of hydrogen-bond acceptors (Lipinski definition) is 6. The van der Waals surface area contributed by atoms with Crippen LogP contribution in [0.3, 0.4) is 0 Å². The van der Waals surface area contributed by atoms with Crippen molar-refractivity contribution < 1.29 is 24.1 Å². The predicted octanol–water partition coefficient (Wildman–Crippen LogP) is 3.58. The Kier molecular flexibility index (Phi) is 5.47. The highest BCUT2D eigenvalue weighted by molar-refractivity contribution is 5.92. The molecule has 0 amide bonds. The van der Waals surface area contributed by atoms with Crippen LogP contribution >= 0.6 is 0 Å². The second kappa shape index (κ2) is 8.77. The number of fused-ring (bicyclic) bond motifs is 2. The number of carbonyl (C=O) groups is 1. The van der Waals surface area contributed by atoms with Gasteiger partial charge >= 0.3 is 5.97 Å². The number of imidazole rings is 1. The molecule has 3 aromatic rings. The maximum Gasteiger partial charge on any atom is 0.335 e. The van der Waals surface area contributed by atoms with Gasteiger partial charge in [0.15, 0.2) is 11.5 Å². The van der Waals surface area contributed by atoms with Gasteiger partial charge in [-0.15, -0.1) is 0 Å². The molecule has 1 saturated heterocycles. The minimum Gasteiger partial charge on any atom is -0.486 e. The first-order valence-corrected chi connectivity index (χ1v) is 11.8. The van der Waals surface area contributed by atoms with Crippen molar-refractivity contribution in [1.29, 1.82) is 0 Å². The molecule has 34 heavy (non-hydrogen) atoms. The first kappa shape index (κ1) is 21.2. The lowest BCUT2D eigenvalue weighted by atomic mass is 9.98. The lowest BCUT2D eigenvalue weighted by Crippen LogP contribution is -2.33. The fourth-order valence-electron chi connectivity index (χ4n) is 4.89. The molecule has 2 aromatic carbocycles. The number of benzene rings is 2. The zero-order valence-corrected chi connectivity index (χ0v) is 18.9. The van der Waals surface area contributed by atoms with E-state index in [-0.39, 0.29) is 11.7 Å². The standard InChI is InChI=1S/C26H27N3O5/c30-26(31)18-4-5-21-22(14-18)29(15-19-8-11-32-19)24(27-21)16-28-9-6-17(7-10-28)20-2-1-3-23-25(20)34-13-12-33-23/h1-6,14,19H,7-13,15-16H2,(H,30,31). The number of ether oxygens (including phenoxy) is 3. The van der Waals surface area contributed by atoms with Gasteiger partial charge in [0, 0.05) is 25.3 Å². The summed E-state index contributed by atoms with van der Waals surface area (Å²) in [7, 11) is 0. The Morgan fingerprint density at radius 3 is 2.79 bits per heavy atom. The van der Waals surface area contributed by atoms with Gasteiger partial charge in [-0.25, -0.2) is 9.78 Å². The third kappa shape index (κ3) is 3.93. The van der Waals surface area contributed by atoms with Crippen molar-refractivity contribution in [3.63, 3.8) is 0 Å². The van der Waals surface area contributed by atoms with Crippen molar-refractivity contribution >= 4 is 22.6 Å². The number of nitrogens with zero attached hydrogens (tertiary/aromatic N) is 3. The van der Waals surface area contributed by atoms with E-state index in [2.05, 4.69) is 21.6 Å². The van der Waals surface area contributed by atoms with Crippen LogP contribution in [0.1, 0.15) is 34.6 Å². The Labute approximate surface area is 197 Å². The van der Waals surface area contributed by atoms with Crippen molar-refractivity contribution in [1.82, 2.24) is 14.5 Å². The third-order valence-electron chi connectivity index (χ3n) is 6.82. The molecular formula is C26H27N3O5. The van der Waals surface area contributed by atoms with Crippen LogP contribution in [0.5, 0.6) is 11.5 Å². The summed E-state index contributed by atoms with van der Waals surface area (Å²) >= 11 is 0. The summed E-state index contributed by atoms with van der Waals surface area (Å²) in [6.45, 7) is 5.05. The predicted molar refractivity (Wildman–Crippen MR) is 126 cm³/mol. The van der Waals surface area contributed by atoms with E-state index in [9.17, 15) is 9.90 Å². The van der Waals surface area contributed by atoms with Gasteiger partial charge in [0.2, 0.25) is 0 Å². The summed E-state index contributed by atoms with van der Waals surface area (Å²) in [5.41, 5.74) is 4.35. The van der Waals surface area contributed by atoms with Gasteiger partial charge in [0.25, 0.3) is 0 Å². The van der Waals surface area contributed by atoms with Crippen LogP contribution < -0.4 is 9.47 Å². The molecule has 1 atom stereocenters. The average molecular weight is 462 g/mol. The molecule has 6 rings (SSSR count). The van der Waals surface area contributed by atoms with Crippen LogP contribution in [-0.2, 0) is 17.8 Å². The maximum absolute atomic E-state index is 11.5. The Bertz CT molecular complexity index is 1280. The lowest BCUT2D eigenvalue weighted by Gasteiger charge is -2.30. The van der Waals surface area contributed by atoms with E-state index < -0.39 is 5.97 Å². The Morgan fingerprint density at radius 1 is 1.15 bits per heavy atom. The molecule has 176 valence electrons. The lowest BCUT2D eigenvalue weighted by molar-refractivity contribution is -0.0591. The van der Waals surface area contributed by atoms with Crippen LogP contribution in [-0.4, -0.2) is 64.5 Å². The zero-order chi connectivity index (χ0) is 23.1. The highest BCUT2D eigenvalue weighted by Gasteiger charge is 2.25. The Morgan fingerprint density at radius 2 is 2.03 bits per heavy atom. The van der Waals surface area contributed by atoms with Gasteiger partial charge in [-0.1, -0.05) is 18.2 Å². The molecule has 1 unspecified atom stereocenters. The van der Waals surface area contributed by atoms with Crippen molar-refractivity contribution in [2.45, 2.75) is 32.0 Å². The van der Waals surface area contributed by atoms with Gasteiger partial charge in [-0.05, 0) is 42.7 Å². The number of aromatic carboxylic acids is 1. The van der Waals surface area contributed by atoms with Gasteiger partial charge < -0.3 is 23.9 Å². The van der Waals surface area contributed by atoms with Crippen LogP contribution in [0.4, 0.5) is 0 Å². The molecule has 4 heterocycles. The van der Waals surface area contributed by atoms with Gasteiger partial charge in [-0.3, -0.25) is 4.90 Å². The van der Waals surface area contributed by atoms with E-state index in [1.807, 2.05) is 12.1 Å². The Balaban J connectivity index is 1.25. The minimum absolute atomic E-state index is 0.156. The number of aromatic nitrogens is 2. The molecule has 8 heteroatoms. The molecule has 8 nitrogen and oxygen atoms in total. The van der Waals surface area contributed by atoms with Crippen LogP contribution in [0.2, 0.25) is 0 Å². The van der Waals surface area contributed by atoms with Crippen LogP contribution in [0, 0.1) is 0 Å². The third-order valence-corrected chi connectivity index (χ3v) is 6.82. The first-order valence-electron chi connectivity index (χ1n) is 11.8. The molecule has 0 bridgehead atoms. The summed E-state index contributed by atoms with van der Waals surface area (Å²) in [5.74, 6) is 1.69. The van der Waals surface area contributed by atoms with E-state index in [0.717, 1.165) is 66.5 Å². The molecule has 3 aliphatic rings. The normalized spacial score (nSPS) is 20.1. The number of hydrogen-bond donors (Lipinski definition) is 1. The van der Waals surface area contributed by atoms with Gasteiger partial charge in [0.05, 0.1) is 35.8 Å². The summed E-state index contributed by atoms with van der Waals surface area (Å²) in [4.78, 5) is 18.8. The fourth-order valence-corrected chi connectivity index (χ4v) is 4.89. The SMILES string of the molecule is O=C(O)c1ccc2nc(CN3CC=C(c4cccc5c4OCCO5)CC3)n(CC3CCO3)c2c1. The Hall–Kier alpha value is -3.36. The van der Waals surface area contributed by atoms with Gasteiger partial charge in [0.1, 0.15) is 19.0 Å². The van der Waals surface area contributed by atoms with E-state index in [1.165, 1.54) is 5.57 Å². The topological polar surface area (TPSA) is 86.0 Å². The minimum atomic E-state index is -0.928. The second-order valence-electron chi connectivity index (χ2n) is 8.97. The zero-order valence-electron chi connectivity index (χ0n) is 18.9. The highest BCUT2D eigenvalue weighted by atomic mass is 16.6. The van der Waals surface area contributed by atoms with Gasteiger partial charge in [-0.2, -0.15) is 0 Å². The van der Waals surface area contributed by atoms with Crippen molar-refractivity contribution in [3.05, 3.63) is 59.4 Å². The number of carboxylic acid groups (broad SMARTS) is 1. The number of rotatable bonds is 6. The molecule has 0 aliphatic carbocycles. The smallest absolute Gasteiger partial charge is 0.335 e. The van der Waals surface area contributed by atoms with Crippen molar-refractivity contribution in [2.75, 3.05) is 32.9 Å².